The number of fused-ring (bicyclic) bond motifs is 1. The van der Waals surface area contributed by atoms with Gasteiger partial charge in [-0.25, -0.2) is 8.42 Å². The van der Waals surface area contributed by atoms with Gasteiger partial charge in [-0.2, -0.15) is 9.78 Å². The maximum absolute atomic E-state index is 13.3. The predicted octanol–water partition coefficient (Wildman–Crippen LogP) is 4.29. The molecule has 0 spiro atoms. The molecule has 2 N–H and O–H groups in total. The van der Waals surface area contributed by atoms with Crippen molar-refractivity contribution in [3.63, 3.8) is 0 Å². The lowest BCUT2D eigenvalue weighted by Crippen LogP contribution is -2.15. The van der Waals surface area contributed by atoms with E-state index in [4.69, 9.17) is 0 Å². The van der Waals surface area contributed by atoms with E-state index in [-0.39, 0.29) is 29.6 Å². The number of amides is 1. The highest BCUT2D eigenvalue weighted by Crippen LogP contribution is 2.36. The fourth-order valence-electron chi connectivity index (χ4n) is 3.93. The number of para-hydroxylation sites is 1. The summed E-state index contributed by atoms with van der Waals surface area (Å²) < 4.78 is 30.5. The summed E-state index contributed by atoms with van der Waals surface area (Å²) in [5.41, 5.74) is 3.69. The third-order valence-electron chi connectivity index (χ3n) is 5.66. The number of hydrogen-bond donors (Lipinski definition) is 2. The van der Waals surface area contributed by atoms with Crippen LogP contribution in [0.4, 0.5) is 11.5 Å². The van der Waals surface area contributed by atoms with Gasteiger partial charge in [-0.1, -0.05) is 43.7 Å². The molecule has 0 aliphatic carbocycles. The van der Waals surface area contributed by atoms with Crippen LogP contribution >= 0.6 is 0 Å². The number of benzene rings is 2. The number of carbonyl (C=O) groups is 2. The highest BCUT2D eigenvalue weighted by Gasteiger charge is 2.28. The van der Waals surface area contributed by atoms with E-state index in [1.165, 1.54) is 4.68 Å². The molecule has 2 aromatic carbocycles. The second kappa shape index (κ2) is 8.82. The molecular formula is C24H26N4O4S. The molecular weight excluding hydrogens is 440 g/mol. The van der Waals surface area contributed by atoms with E-state index in [0.29, 0.717) is 40.3 Å². The van der Waals surface area contributed by atoms with E-state index >= 15 is 0 Å². The lowest BCUT2D eigenvalue weighted by molar-refractivity contribution is -0.116. The normalized spacial score (nSPS) is 13.9. The van der Waals surface area contributed by atoms with E-state index < -0.39 is 10.0 Å². The van der Waals surface area contributed by atoms with Gasteiger partial charge in [0.25, 0.3) is 10.0 Å². The number of nitrogens with zero attached hydrogens (tertiary/aromatic N) is 2. The highest BCUT2D eigenvalue weighted by atomic mass is 32.2. The van der Waals surface area contributed by atoms with Gasteiger partial charge >= 0.3 is 0 Å². The van der Waals surface area contributed by atoms with Crippen molar-refractivity contribution in [3.8, 4) is 11.1 Å². The molecule has 0 fully saturated rings. The number of carbonyl (C=O) groups excluding carboxylic acids is 2. The summed E-state index contributed by atoms with van der Waals surface area (Å²) in [6.45, 7) is 5.55. The van der Waals surface area contributed by atoms with Crippen molar-refractivity contribution in [1.29, 1.82) is 0 Å². The minimum Gasteiger partial charge on any atom is -0.310 e. The van der Waals surface area contributed by atoms with Crippen molar-refractivity contribution in [3.05, 3.63) is 59.3 Å². The van der Waals surface area contributed by atoms with E-state index in [2.05, 4.69) is 15.1 Å². The molecule has 0 saturated carbocycles. The van der Waals surface area contributed by atoms with Gasteiger partial charge < -0.3 is 5.32 Å². The lowest BCUT2D eigenvalue weighted by Gasteiger charge is -2.14. The van der Waals surface area contributed by atoms with Gasteiger partial charge in [-0.05, 0) is 49.1 Å². The molecule has 0 atom stereocenters. The number of aromatic nitrogens is 2. The second-order valence-corrected chi connectivity index (χ2v) is 9.83. The van der Waals surface area contributed by atoms with Gasteiger partial charge in [0.05, 0.1) is 16.3 Å². The Labute approximate surface area is 193 Å². The Kier molecular flexibility index (Phi) is 6.07. The van der Waals surface area contributed by atoms with E-state index in [1.54, 1.807) is 37.3 Å². The zero-order chi connectivity index (χ0) is 23.8. The Morgan fingerprint density at radius 2 is 1.82 bits per heavy atom. The van der Waals surface area contributed by atoms with Crippen LogP contribution in [0.15, 0.2) is 47.4 Å². The Morgan fingerprint density at radius 1 is 1.06 bits per heavy atom. The molecule has 1 aliphatic heterocycles. The molecule has 1 aromatic heterocycles. The third-order valence-corrected chi connectivity index (χ3v) is 7.17. The van der Waals surface area contributed by atoms with Crippen LogP contribution in [0.5, 0.6) is 0 Å². The average Bonchev–Trinajstić information content (AvgIpc) is 3.05. The van der Waals surface area contributed by atoms with Gasteiger partial charge in [0.1, 0.15) is 5.82 Å². The van der Waals surface area contributed by atoms with E-state index in [9.17, 15) is 18.0 Å². The molecule has 1 amide bonds. The first-order chi connectivity index (χ1) is 15.7. The van der Waals surface area contributed by atoms with Crippen LogP contribution < -0.4 is 10.0 Å². The van der Waals surface area contributed by atoms with Crippen molar-refractivity contribution in [2.75, 3.05) is 10.0 Å². The molecule has 9 heteroatoms. The number of rotatable bonds is 6. The quantitative estimate of drug-likeness (QED) is 0.563. The molecule has 33 heavy (non-hydrogen) atoms. The molecule has 0 unspecified atom stereocenters. The molecule has 1 aliphatic rings. The standard InChI is InChI=1S/C24H26N4O4S/c1-4-7-19-23(24-25-21(29)12-13-22(30)28(24)26-19)17-11-10-16(3)20(14-17)33(31,32)27-18-9-6-5-8-15(18)2/h5-6,8-11,14,27H,4,7,12-13H2,1-3H3,(H,25,29). The summed E-state index contributed by atoms with van der Waals surface area (Å²) in [5, 5.41) is 7.27. The molecule has 0 bridgehead atoms. The summed E-state index contributed by atoms with van der Waals surface area (Å²) in [6, 6.07) is 12.3. The summed E-state index contributed by atoms with van der Waals surface area (Å²) in [7, 11) is -3.89. The van der Waals surface area contributed by atoms with Gasteiger partial charge in [-0.3, -0.25) is 14.3 Å². The van der Waals surface area contributed by atoms with Crippen molar-refractivity contribution < 1.29 is 18.0 Å². The Hall–Kier alpha value is -3.46. The van der Waals surface area contributed by atoms with Crippen molar-refractivity contribution in [2.24, 2.45) is 0 Å². The van der Waals surface area contributed by atoms with Crippen LogP contribution in [0.1, 0.15) is 47.8 Å². The third kappa shape index (κ3) is 4.41. The smallest absolute Gasteiger partial charge is 0.262 e. The monoisotopic (exact) mass is 466 g/mol. The molecule has 4 rings (SSSR count). The highest BCUT2D eigenvalue weighted by molar-refractivity contribution is 7.92. The number of anilines is 2. The van der Waals surface area contributed by atoms with Crippen LogP contribution in [0.2, 0.25) is 0 Å². The van der Waals surface area contributed by atoms with Crippen molar-refractivity contribution >= 4 is 33.3 Å². The zero-order valence-electron chi connectivity index (χ0n) is 18.8. The van der Waals surface area contributed by atoms with Gasteiger partial charge in [-0.15, -0.1) is 0 Å². The maximum atomic E-state index is 13.3. The van der Waals surface area contributed by atoms with Crippen molar-refractivity contribution in [2.45, 2.75) is 51.3 Å². The second-order valence-electron chi connectivity index (χ2n) is 8.17. The topological polar surface area (TPSA) is 110 Å². The van der Waals surface area contributed by atoms with Gasteiger partial charge in [0.15, 0.2) is 0 Å². The summed E-state index contributed by atoms with van der Waals surface area (Å²) in [4.78, 5) is 24.9. The molecule has 3 aromatic rings. The number of aryl methyl sites for hydroxylation is 3. The minimum atomic E-state index is -3.89. The largest absolute Gasteiger partial charge is 0.310 e. The zero-order valence-corrected chi connectivity index (χ0v) is 19.6. The molecule has 0 radical (unpaired) electrons. The Bertz CT molecular complexity index is 1360. The van der Waals surface area contributed by atoms with Gasteiger partial charge in [0.2, 0.25) is 11.8 Å². The predicted molar refractivity (Wildman–Crippen MR) is 127 cm³/mol. The van der Waals surface area contributed by atoms with Crippen molar-refractivity contribution in [1.82, 2.24) is 9.78 Å². The number of hydrogen-bond acceptors (Lipinski definition) is 5. The maximum Gasteiger partial charge on any atom is 0.262 e. The fourth-order valence-corrected chi connectivity index (χ4v) is 5.33. The summed E-state index contributed by atoms with van der Waals surface area (Å²) in [6.07, 6.45) is 1.51. The lowest BCUT2D eigenvalue weighted by atomic mass is 10.0. The summed E-state index contributed by atoms with van der Waals surface area (Å²) >= 11 is 0. The molecule has 8 nitrogen and oxygen atoms in total. The number of sulfonamides is 1. The molecule has 0 saturated heterocycles. The first-order valence-electron chi connectivity index (χ1n) is 10.9. The van der Waals surface area contributed by atoms with Crippen LogP contribution in [0.25, 0.3) is 11.1 Å². The molecule has 2 heterocycles. The molecule has 172 valence electrons. The van der Waals surface area contributed by atoms with Crippen LogP contribution in [0.3, 0.4) is 0 Å². The van der Waals surface area contributed by atoms with Crippen LogP contribution in [-0.2, 0) is 21.2 Å². The van der Waals surface area contributed by atoms with E-state index in [1.807, 2.05) is 26.0 Å². The first kappa shape index (κ1) is 22.7. The Morgan fingerprint density at radius 3 is 2.55 bits per heavy atom. The minimum absolute atomic E-state index is 0.0688. The SMILES string of the molecule is CCCc1nn2c(c1-c1ccc(C)c(S(=O)(=O)Nc3ccccc3C)c1)NC(=O)CCC2=O. The van der Waals surface area contributed by atoms with Crippen LogP contribution in [-0.4, -0.2) is 30.0 Å². The average molecular weight is 467 g/mol. The van der Waals surface area contributed by atoms with Gasteiger partial charge in [0, 0.05) is 18.4 Å². The summed E-state index contributed by atoms with van der Waals surface area (Å²) in [5.74, 6) is -0.245. The van der Waals surface area contributed by atoms with Crippen LogP contribution in [0, 0.1) is 13.8 Å². The first-order valence-corrected chi connectivity index (χ1v) is 12.3. The fraction of sp³-hybridized carbons (Fsp3) is 0.292. The number of nitrogens with one attached hydrogen (secondary N) is 2. The van der Waals surface area contributed by atoms with E-state index in [0.717, 1.165) is 12.0 Å². The Balaban J connectivity index is 1.85.